The number of hydrogen-bond donors (Lipinski definition) is 2. The molecule has 3 aromatic rings. The first-order valence-electron chi connectivity index (χ1n) is 7.21. The zero-order chi connectivity index (χ0) is 15.4. The number of H-pyrrole nitrogens is 1. The molecule has 2 aromatic carbocycles. The second kappa shape index (κ2) is 6.45. The predicted molar refractivity (Wildman–Crippen MR) is 88.1 cm³/mol. The minimum Gasteiger partial charge on any atom is -0.496 e. The SMILES string of the molecule is COc1ccccc1CNCc1cc2ccccc2[nH]c1=O. The molecule has 0 saturated carbocycles. The van der Waals surface area contributed by atoms with Gasteiger partial charge in [0, 0.05) is 29.7 Å². The molecule has 4 nitrogen and oxygen atoms in total. The lowest BCUT2D eigenvalue weighted by atomic mass is 10.1. The van der Waals surface area contributed by atoms with Crippen molar-refractivity contribution >= 4 is 10.9 Å². The van der Waals surface area contributed by atoms with E-state index < -0.39 is 0 Å². The Balaban J connectivity index is 1.74. The van der Waals surface area contributed by atoms with Crippen molar-refractivity contribution in [1.29, 1.82) is 0 Å². The van der Waals surface area contributed by atoms with Crippen LogP contribution in [0.25, 0.3) is 10.9 Å². The highest BCUT2D eigenvalue weighted by Gasteiger charge is 2.04. The van der Waals surface area contributed by atoms with E-state index in [0.29, 0.717) is 13.1 Å². The fourth-order valence-electron chi connectivity index (χ4n) is 2.50. The van der Waals surface area contributed by atoms with E-state index in [1.807, 2.05) is 54.6 Å². The van der Waals surface area contributed by atoms with Gasteiger partial charge in [-0.15, -0.1) is 0 Å². The Bertz CT molecular complexity index is 840. The van der Waals surface area contributed by atoms with Crippen LogP contribution in [0.15, 0.2) is 59.4 Å². The largest absolute Gasteiger partial charge is 0.496 e. The zero-order valence-corrected chi connectivity index (χ0v) is 12.4. The van der Waals surface area contributed by atoms with Crippen molar-refractivity contribution in [3.63, 3.8) is 0 Å². The summed E-state index contributed by atoms with van der Waals surface area (Å²) in [5, 5.41) is 4.34. The van der Waals surface area contributed by atoms with Crippen LogP contribution in [0.1, 0.15) is 11.1 Å². The number of benzene rings is 2. The molecule has 0 saturated heterocycles. The van der Waals surface area contributed by atoms with Gasteiger partial charge in [-0.05, 0) is 23.6 Å². The van der Waals surface area contributed by atoms with Gasteiger partial charge >= 0.3 is 0 Å². The Morgan fingerprint density at radius 2 is 1.73 bits per heavy atom. The van der Waals surface area contributed by atoms with Crippen molar-refractivity contribution in [3.8, 4) is 5.75 Å². The van der Waals surface area contributed by atoms with Crippen LogP contribution in [0.3, 0.4) is 0 Å². The first kappa shape index (κ1) is 14.4. The van der Waals surface area contributed by atoms with Crippen molar-refractivity contribution in [3.05, 3.63) is 76.1 Å². The van der Waals surface area contributed by atoms with E-state index in [1.165, 1.54) is 0 Å². The number of para-hydroxylation sites is 2. The highest BCUT2D eigenvalue weighted by atomic mass is 16.5. The molecule has 0 aliphatic rings. The molecular formula is C18H18N2O2. The molecule has 112 valence electrons. The lowest BCUT2D eigenvalue weighted by Crippen LogP contribution is -2.21. The second-order valence-corrected chi connectivity index (χ2v) is 5.13. The van der Waals surface area contributed by atoms with Gasteiger partial charge < -0.3 is 15.0 Å². The minimum atomic E-state index is -0.0498. The van der Waals surface area contributed by atoms with Gasteiger partial charge in [-0.1, -0.05) is 36.4 Å². The van der Waals surface area contributed by atoms with Gasteiger partial charge in [0.25, 0.3) is 5.56 Å². The Morgan fingerprint density at radius 3 is 2.59 bits per heavy atom. The van der Waals surface area contributed by atoms with E-state index in [-0.39, 0.29) is 5.56 Å². The monoisotopic (exact) mass is 294 g/mol. The number of fused-ring (bicyclic) bond motifs is 1. The summed E-state index contributed by atoms with van der Waals surface area (Å²) < 4.78 is 5.32. The van der Waals surface area contributed by atoms with Gasteiger partial charge in [-0.25, -0.2) is 0 Å². The average Bonchev–Trinajstić information content (AvgIpc) is 2.55. The number of pyridine rings is 1. The molecule has 4 heteroatoms. The van der Waals surface area contributed by atoms with Crippen LogP contribution in [0.4, 0.5) is 0 Å². The zero-order valence-electron chi connectivity index (χ0n) is 12.4. The molecule has 0 aliphatic heterocycles. The fraction of sp³-hybridized carbons (Fsp3) is 0.167. The number of aromatic nitrogens is 1. The van der Waals surface area contributed by atoms with Crippen LogP contribution in [0.5, 0.6) is 5.75 Å². The molecule has 0 unspecified atom stereocenters. The summed E-state index contributed by atoms with van der Waals surface area (Å²) in [6.07, 6.45) is 0. The number of nitrogens with one attached hydrogen (secondary N) is 2. The maximum Gasteiger partial charge on any atom is 0.252 e. The van der Waals surface area contributed by atoms with Gasteiger partial charge in [0.15, 0.2) is 0 Å². The Kier molecular flexibility index (Phi) is 4.21. The standard InChI is InChI=1S/C18H18N2O2/c1-22-17-9-5-3-7-14(17)11-19-12-15-10-13-6-2-4-8-16(13)20-18(15)21/h2-10,19H,11-12H2,1H3,(H,20,21). The lowest BCUT2D eigenvalue weighted by molar-refractivity contribution is 0.407. The average molecular weight is 294 g/mol. The van der Waals surface area contributed by atoms with Crippen molar-refractivity contribution < 1.29 is 4.74 Å². The topological polar surface area (TPSA) is 54.1 Å². The molecule has 2 N–H and O–H groups in total. The van der Waals surface area contributed by atoms with Gasteiger partial charge in [0.1, 0.15) is 5.75 Å². The molecular weight excluding hydrogens is 276 g/mol. The molecule has 1 aromatic heterocycles. The fourth-order valence-corrected chi connectivity index (χ4v) is 2.50. The minimum absolute atomic E-state index is 0.0498. The highest BCUT2D eigenvalue weighted by molar-refractivity contribution is 5.78. The highest BCUT2D eigenvalue weighted by Crippen LogP contribution is 2.17. The maximum absolute atomic E-state index is 12.1. The quantitative estimate of drug-likeness (QED) is 0.761. The van der Waals surface area contributed by atoms with Crippen LogP contribution in [0.2, 0.25) is 0 Å². The van der Waals surface area contributed by atoms with Crippen LogP contribution in [-0.4, -0.2) is 12.1 Å². The molecule has 0 atom stereocenters. The summed E-state index contributed by atoms with van der Waals surface area (Å²) in [6.45, 7) is 1.16. The predicted octanol–water partition coefficient (Wildman–Crippen LogP) is 2.83. The third kappa shape index (κ3) is 3.02. The van der Waals surface area contributed by atoms with Gasteiger partial charge in [-0.3, -0.25) is 4.79 Å². The number of aromatic amines is 1. The molecule has 0 aliphatic carbocycles. The molecule has 22 heavy (non-hydrogen) atoms. The lowest BCUT2D eigenvalue weighted by Gasteiger charge is -2.09. The molecule has 0 spiro atoms. The maximum atomic E-state index is 12.1. The second-order valence-electron chi connectivity index (χ2n) is 5.13. The van der Waals surface area contributed by atoms with E-state index in [0.717, 1.165) is 27.8 Å². The first-order chi connectivity index (χ1) is 10.8. The summed E-state index contributed by atoms with van der Waals surface area (Å²) in [6, 6.07) is 17.6. The molecule has 3 rings (SSSR count). The summed E-state index contributed by atoms with van der Waals surface area (Å²) in [7, 11) is 1.66. The van der Waals surface area contributed by atoms with Crippen LogP contribution >= 0.6 is 0 Å². The Labute approximate surface area is 128 Å². The third-order valence-electron chi connectivity index (χ3n) is 3.65. The number of ether oxygens (including phenoxy) is 1. The molecule has 0 bridgehead atoms. The molecule has 1 heterocycles. The van der Waals surface area contributed by atoms with Crippen LogP contribution in [0, 0.1) is 0 Å². The van der Waals surface area contributed by atoms with Crippen LogP contribution < -0.4 is 15.6 Å². The van der Waals surface area contributed by atoms with Gasteiger partial charge in [-0.2, -0.15) is 0 Å². The molecule has 0 amide bonds. The number of hydrogen-bond acceptors (Lipinski definition) is 3. The third-order valence-corrected chi connectivity index (χ3v) is 3.65. The van der Waals surface area contributed by atoms with Gasteiger partial charge in [0.05, 0.1) is 7.11 Å². The van der Waals surface area contributed by atoms with Crippen molar-refractivity contribution in [1.82, 2.24) is 10.3 Å². The van der Waals surface area contributed by atoms with E-state index in [4.69, 9.17) is 4.74 Å². The summed E-state index contributed by atoms with van der Waals surface area (Å²) >= 11 is 0. The Hall–Kier alpha value is -2.59. The van der Waals surface area contributed by atoms with E-state index >= 15 is 0 Å². The summed E-state index contributed by atoms with van der Waals surface area (Å²) in [4.78, 5) is 15.0. The van der Waals surface area contributed by atoms with E-state index in [1.54, 1.807) is 7.11 Å². The van der Waals surface area contributed by atoms with Crippen molar-refractivity contribution in [2.24, 2.45) is 0 Å². The van der Waals surface area contributed by atoms with Crippen LogP contribution in [-0.2, 0) is 13.1 Å². The normalized spacial score (nSPS) is 10.8. The van der Waals surface area contributed by atoms with Gasteiger partial charge in [0.2, 0.25) is 0 Å². The Morgan fingerprint density at radius 1 is 1.00 bits per heavy atom. The van der Waals surface area contributed by atoms with Crippen molar-refractivity contribution in [2.75, 3.05) is 7.11 Å². The summed E-state index contributed by atoms with van der Waals surface area (Å²) in [5.74, 6) is 0.849. The smallest absolute Gasteiger partial charge is 0.252 e. The number of methoxy groups -OCH3 is 1. The summed E-state index contributed by atoms with van der Waals surface area (Å²) in [5.41, 5.74) is 2.61. The first-order valence-corrected chi connectivity index (χ1v) is 7.21. The molecule has 0 fully saturated rings. The van der Waals surface area contributed by atoms with Crippen molar-refractivity contribution in [2.45, 2.75) is 13.1 Å². The van der Waals surface area contributed by atoms with E-state index in [2.05, 4.69) is 10.3 Å². The van der Waals surface area contributed by atoms with E-state index in [9.17, 15) is 4.79 Å². The number of rotatable bonds is 5. The molecule has 0 radical (unpaired) electrons.